The van der Waals surface area contributed by atoms with Gasteiger partial charge in [0.15, 0.2) is 0 Å². The van der Waals surface area contributed by atoms with E-state index in [0.29, 0.717) is 11.1 Å². The Kier molecular flexibility index (Phi) is 3.86. The van der Waals surface area contributed by atoms with Gasteiger partial charge in [-0.25, -0.2) is 0 Å². The molecular weight excluding hydrogens is 182 g/mol. The molecule has 0 aliphatic carbocycles. The maximum Gasteiger partial charge on any atom is 0.0158 e. The van der Waals surface area contributed by atoms with Crippen LogP contribution in [-0.2, 0) is 0 Å². The third kappa shape index (κ3) is 2.96. The Hall–Kier alpha value is -0.0400. The summed E-state index contributed by atoms with van der Waals surface area (Å²) in [5.41, 5.74) is 0.710. The van der Waals surface area contributed by atoms with Crippen LogP contribution in [0.15, 0.2) is 0 Å². The second kappa shape index (κ2) is 4.45. The van der Waals surface area contributed by atoms with Crippen molar-refractivity contribution in [2.75, 3.05) is 7.05 Å². The third-order valence-corrected chi connectivity index (χ3v) is 4.18. The molecule has 1 nitrogen and oxygen atoms in total. The molecule has 0 saturated carbocycles. The lowest BCUT2D eigenvalue weighted by molar-refractivity contribution is -0.0299. The largest absolute Gasteiger partial charge is 0.296 e. The summed E-state index contributed by atoms with van der Waals surface area (Å²) in [4.78, 5) is 2.56. The number of hydrogen-bond donors (Lipinski definition) is 0. The molecule has 1 radical (unpaired) electrons. The number of hydrogen-bond acceptors (Lipinski definition) is 1. The number of likely N-dealkylation sites (tertiary alicyclic amines) is 1. The summed E-state index contributed by atoms with van der Waals surface area (Å²) in [6, 6.07) is 0. The molecule has 1 aliphatic rings. The maximum atomic E-state index is 2.56. The van der Waals surface area contributed by atoms with Gasteiger partial charge in [0.25, 0.3) is 0 Å². The Labute approximate surface area is 96.2 Å². The maximum absolute atomic E-state index is 2.56. The van der Waals surface area contributed by atoms with Crippen molar-refractivity contribution < 1.29 is 0 Å². The van der Waals surface area contributed by atoms with Crippen molar-refractivity contribution in [2.45, 2.75) is 71.4 Å². The van der Waals surface area contributed by atoms with Crippen LogP contribution in [0, 0.1) is 12.3 Å². The quantitative estimate of drug-likeness (QED) is 0.683. The average molecular weight is 210 g/mol. The highest BCUT2D eigenvalue weighted by Crippen LogP contribution is 2.41. The van der Waals surface area contributed by atoms with E-state index in [0.717, 1.165) is 5.92 Å². The Balaban J connectivity index is 2.66. The SMILES string of the molecule is CC[CH]CC1CC(C)(C)N(C)C(C)(C)C1. The lowest BCUT2D eigenvalue weighted by Gasteiger charge is -2.54. The van der Waals surface area contributed by atoms with Crippen molar-refractivity contribution in [3.8, 4) is 0 Å². The van der Waals surface area contributed by atoms with E-state index < -0.39 is 0 Å². The molecule has 0 bridgehead atoms. The Morgan fingerprint density at radius 1 is 1.13 bits per heavy atom. The van der Waals surface area contributed by atoms with Crippen LogP contribution in [0.3, 0.4) is 0 Å². The summed E-state index contributed by atoms with van der Waals surface area (Å²) in [6.45, 7) is 11.8. The summed E-state index contributed by atoms with van der Waals surface area (Å²) >= 11 is 0. The smallest absolute Gasteiger partial charge is 0.0158 e. The van der Waals surface area contributed by atoms with E-state index in [1.165, 1.54) is 25.7 Å². The molecule has 1 rings (SSSR count). The highest BCUT2D eigenvalue weighted by Gasteiger charge is 2.42. The first-order chi connectivity index (χ1) is 6.79. The zero-order chi connectivity index (χ0) is 11.7. The number of nitrogens with zero attached hydrogens (tertiary/aromatic N) is 1. The second-order valence-corrected chi connectivity index (χ2v) is 6.39. The molecule has 89 valence electrons. The van der Waals surface area contributed by atoms with Gasteiger partial charge < -0.3 is 0 Å². The molecule has 0 unspecified atom stereocenters. The summed E-state index contributed by atoms with van der Waals surface area (Å²) < 4.78 is 0. The van der Waals surface area contributed by atoms with Crippen LogP contribution in [0.1, 0.15) is 60.3 Å². The molecule has 1 aliphatic heterocycles. The van der Waals surface area contributed by atoms with Gasteiger partial charge in [-0.2, -0.15) is 0 Å². The number of unbranched alkanes of at least 4 members (excludes halogenated alkanes) is 1. The second-order valence-electron chi connectivity index (χ2n) is 6.39. The average Bonchev–Trinajstić information content (AvgIpc) is 2.10. The first-order valence-corrected chi connectivity index (χ1v) is 6.35. The van der Waals surface area contributed by atoms with Gasteiger partial charge in [0.2, 0.25) is 0 Å². The highest BCUT2D eigenvalue weighted by atomic mass is 15.2. The standard InChI is InChI=1S/C14H28N/c1-7-8-9-12-10-13(2,3)15(6)14(4,5)11-12/h8,12H,7,9-11H2,1-6H3. The van der Waals surface area contributed by atoms with Crippen molar-refractivity contribution in [3.05, 3.63) is 6.42 Å². The van der Waals surface area contributed by atoms with E-state index >= 15 is 0 Å². The van der Waals surface area contributed by atoms with E-state index in [1.807, 2.05) is 0 Å². The van der Waals surface area contributed by atoms with Crippen LogP contribution in [0.2, 0.25) is 0 Å². The Morgan fingerprint density at radius 3 is 2.00 bits per heavy atom. The van der Waals surface area contributed by atoms with Crippen molar-refractivity contribution in [2.24, 2.45) is 5.92 Å². The number of rotatable bonds is 3. The third-order valence-electron chi connectivity index (χ3n) is 4.18. The fourth-order valence-corrected chi connectivity index (χ4v) is 3.15. The van der Waals surface area contributed by atoms with Crippen LogP contribution >= 0.6 is 0 Å². The molecule has 1 fully saturated rings. The Morgan fingerprint density at radius 2 is 1.60 bits per heavy atom. The van der Waals surface area contributed by atoms with Crippen molar-refractivity contribution in [1.82, 2.24) is 4.90 Å². The normalized spacial score (nSPS) is 26.8. The highest BCUT2D eigenvalue weighted by molar-refractivity contribution is 4.98. The van der Waals surface area contributed by atoms with E-state index in [-0.39, 0.29) is 0 Å². The van der Waals surface area contributed by atoms with E-state index in [9.17, 15) is 0 Å². The lowest BCUT2D eigenvalue weighted by atomic mass is 9.72. The number of piperidine rings is 1. The molecule has 1 saturated heterocycles. The van der Waals surface area contributed by atoms with Crippen LogP contribution in [0.25, 0.3) is 0 Å². The van der Waals surface area contributed by atoms with Gasteiger partial charge in [0.1, 0.15) is 0 Å². The van der Waals surface area contributed by atoms with Crippen molar-refractivity contribution in [3.63, 3.8) is 0 Å². The van der Waals surface area contributed by atoms with E-state index in [2.05, 4.69) is 53.0 Å². The summed E-state index contributed by atoms with van der Waals surface area (Å²) in [6.07, 6.45) is 7.64. The van der Waals surface area contributed by atoms with Crippen LogP contribution in [0.5, 0.6) is 0 Å². The molecular formula is C14H28N. The van der Waals surface area contributed by atoms with Gasteiger partial charge in [0, 0.05) is 11.1 Å². The fraction of sp³-hybridized carbons (Fsp3) is 0.929. The molecule has 0 aromatic rings. The van der Waals surface area contributed by atoms with Gasteiger partial charge in [-0.3, -0.25) is 4.90 Å². The van der Waals surface area contributed by atoms with Crippen LogP contribution < -0.4 is 0 Å². The molecule has 1 heterocycles. The summed E-state index contributed by atoms with van der Waals surface area (Å²) in [7, 11) is 2.28. The van der Waals surface area contributed by atoms with Gasteiger partial charge in [0.05, 0.1) is 0 Å². The van der Waals surface area contributed by atoms with E-state index in [1.54, 1.807) is 0 Å². The molecule has 0 amide bonds. The predicted octanol–water partition coefficient (Wildman–Crippen LogP) is 3.89. The molecule has 1 heteroatoms. The molecule has 15 heavy (non-hydrogen) atoms. The van der Waals surface area contributed by atoms with Gasteiger partial charge in [-0.05, 0) is 66.3 Å². The fourth-order valence-electron chi connectivity index (χ4n) is 3.15. The zero-order valence-electron chi connectivity index (χ0n) is 11.4. The summed E-state index contributed by atoms with van der Waals surface area (Å²) in [5, 5.41) is 0. The van der Waals surface area contributed by atoms with Crippen molar-refractivity contribution >= 4 is 0 Å². The van der Waals surface area contributed by atoms with Gasteiger partial charge in [-0.1, -0.05) is 13.3 Å². The minimum Gasteiger partial charge on any atom is -0.296 e. The summed E-state index contributed by atoms with van der Waals surface area (Å²) in [5.74, 6) is 0.881. The lowest BCUT2D eigenvalue weighted by Crippen LogP contribution is -2.58. The monoisotopic (exact) mass is 210 g/mol. The first kappa shape index (κ1) is 13.0. The van der Waals surface area contributed by atoms with Gasteiger partial charge >= 0.3 is 0 Å². The topological polar surface area (TPSA) is 3.24 Å². The molecule has 0 N–H and O–H groups in total. The minimum atomic E-state index is 0.355. The van der Waals surface area contributed by atoms with Gasteiger partial charge in [-0.15, -0.1) is 0 Å². The molecule has 0 atom stereocenters. The van der Waals surface area contributed by atoms with E-state index in [4.69, 9.17) is 0 Å². The van der Waals surface area contributed by atoms with Crippen LogP contribution in [-0.4, -0.2) is 23.0 Å². The first-order valence-electron chi connectivity index (χ1n) is 6.35. The predicted molar refractivity (Wildman–Crippen MR) is 67.9 cm³/mol. The molecule has 0 spiro atoms. The zero-order valence-corrected chi connectivity index (χ0v) is 11.4. The minimum absolute atomic E-state index is 0.355. The van der Waals surface area contributed by atoms with Crippen LogP contribution in [0.4, 0.5) is 0 Å². The molecule has 0 aromatic heterocycles. The Bertz CT molecular complexity index is 187. The molecule has 0 aromatic carbocycles. The van der Waals surface area contributed by atoms with Crippen molar-refractivity contribution in [1.29, 1.82) is 0 Å².